The Morgan fingerprint density at radius 1 is 1.67 bits per heavy atom. The zero-order valence-corrected chi connectivity index (χ0v) is 8.23. The zero-order valence-electron chi connectivity index (χ0n) is 8.23. The van der Waals surface area contributed by atoms with Gasteiger partial charge in [0.2, 0.25) is 0 Å². The molecule has 0 spiro atoms. The summed E-state index contributed by atoms with van der Waals surface area (Å²) in [4.78, 5) is 14.9. The standard InChI is InChI=1S/C10H10N2O3/c1-2-15-10(14)5-8-9(13)4-3-7(6-11)12-8/h3-4,13H,2,5H2,1H3. The fraction of sp³-hybridized carbons (Fsp3) is 0.300. The Morgan fingerprint density at radius 3 is 3.00 bits per heavy atom. The van der Waals surface area contributed by atoms with E-state index in [-0.39, 0.29) is 30.2 Å². The third-order valence-corrected chi connectivity index (χ3v) is 1.68. The first-order valence-corrected chi connectivity index (χ1v) is 4.42. The highest BCUT2D eigenvalue weighted by Crippen LogP contribution is 2.15. The average Bonchev–Trinajstić information content (AvgIpc) is 2.21. The summed E-state index contributed by atoms with van der Waals surface area (Å²) in [5.74, 6) is -0.586. The molecule has 1 heterocycles. The third kappa shape index (κ3) is 2.95. The molecule has 1 N–H and O–H groups in total. The van der Waals surface area contributed by atoms with E-state index in [2.05, 4.69) is 4.98 Å². The van der Waals surface area contributed by atoms with E-state index in [0.29, 0.717) is 0 Å². The maximum Gasteiger partial charge on any atom is 0.312 e. The summed E-state index contributed by atoms with van der Waals surface area (Å²) < 4.78 is 4.70. The molecular weight excluding hydrogens is 196 g/mol. The highest BCUT2D eigenvalue weighted by molar-refractivity contribution is 5.72. The van der Waals surface area contributed by atoms with Gasteiger partial charge in [-0.1, -0.05) is 0 Å². The van der Waals surface area contributed by atoms with Gasteiger partial charge in [-0.05, 0) is 19.1 Å². The van der Waals surface area contributed by atoms with E-state index < -0.39 is 5.97 Å². The summed E-state index contributed by atoms with van der Waals surface area (Å²) in [7, 11) is 0. The van der Waals surface area contributed by atoms with Crippen LogP contribution in [0.5, 0.6) is 5.75 Å². The second-order valence-electron chi connectivity index (χ2n) is 2.76. The largest absolute Gasteiger partial charge is 0.506 e. The normalized spacial score (nSPS) is 9.33. The first-order chi connectivity index (χ1) is 7.17. The van der Waals surface area contributed by atoms with Gasteiger partial charge in [-0.2, -0.15) is 5.26 Å². The van der Waals surface area contributed by atoms with Crippen molar-refractivity contribution in [2.45, 2.75) is 13.3 Å². The molecule has 0 aliphatic carbocycles. The monoisotopic (exact) mass is 206 g/mol. The highest BCUT2D eigenvalue weighted by atomic mass is 16.5. The van der Waals surface area contributed by atoms with Crippen LogP contribution in [0.3, 0.4) is 0 Å². The van der Waals surface area contributed by atoms with Gasteiger partial charge in [0, 0.05) is 0 Å². The summed E-state index contributed by atoms with van der Waals surface area (Å²) in [6.07, 6.45) is -0.130. The van der Waals surface area contributed by atoms with Crippen molar-refractivity contribution in [2.24, 2.45) is 0 Å². The Bertz CT molecular complexity index is 410. The molecule has 15 heavy (non-hydrogen) atoms. The fourth-order valence-corrected chi connectivity index (χ4v) is 1.04. The molecule has 1 aromatic rings. The number of nitrogens with zero attached hydrogens (tertiary/aromatic N) is 2. The number of rotatable bonds is 3. The first-order valence-electron chi connectivity index (χ1n) is 4.42. The molecular formula is C10H10N2O3. The predicted molar refractivity (Wildman–Crippen MR) is 51.0 cm³/mol. The molecule has 0 saturated heterocycles. The topological polar surface area (TPSA) is 83.2 Å². The summed E-state index contributed by atoms with van der Waals surface area (Å²) in [5.41, 5.74) is 0.319. The van der Waals surface area contributed by atoms with E-state index in [9.17, 15) is 9.90 Å². The van der Waals surface area contributed by atoms with Crippen LogP contribution < -0.4 is 0 Å². The second-order valence-corrected chi connectivity index (χ2v) is 2.76. The number of esters is 1. The van der Waals surface area contributed by atoms with Crippen molar-refractivity contribution in [3.63, 3.8) is 0 Å². The van der Waals surface area contributed by atoms with E-state index >= 15 is 0 Å². The van der Waals surface area contributed by atoms with Gasteiger partial charge in [-0.25, -0.2) is 4.98 Å². The van der Waals surface area contributed by atoms with Crippen LogP contribution in [0.4, 0.5) is 0 Å². The molecule has 5 nitrogen and oxygen atoms in total. The Kier molecular flexibility index (Phi) is 3.63. The second kappa shape index (κ2) is 4.96. The molecule has 0 bridgehead atoms. The summed E-state index contributed by atoms with van der Waals surface area (Å²) >= 11 is 0. The third-order valence-electron chi connectivity index (χ3n) is 1.68. The highest BCUT2D eigenvalue weighted by Gasteiger charge is 2.10. The van der Waals surface area contributed by atoms with Crippen molar-refractivity contribution in [1.29, 1.82) is 5.26 Å². The Morgan fingerprint density at radius 2 is 2.40 bits per heavy atom. The van der Waals surface area contributed by atoms with Gasteiger partial charge in [-0.15, -0.1) is 0 Å². The molecule has 0 unspecified atom stereocenters. The lowest BCUT2D eigenvalue weighted by atomic mass is 10.2. The minimum atomic E-state index is -0.476. The lowest BCUT2D eigenvalue weighted by Crippen LogP contribution is -2.09. The smallest absolute Gasteiger partial charge is 0.312 e. The molecule has 0 aliphatic rings. The molecule has 0 radical (unpaired) electrons. The molecule has 0 atom stereocenters. The van der Waals surface area contributed by atoms with Crippen molar-refractivity contribution in [3.05, 3.63) is 23.5 Å². The molecule has 5 heteroatoms. The summed E-state index contributed by atoms with van der Waals surface area (Å²) in [6, 6.07) is 4.54. The maximum atomic E-state index is 11.1. The molecule has 0 amide bonds. The van der Waals surface area contributed by atoms with Gasteiger partial charge in [0.25, 0.3) is 0 Å². The van der Waals surface area contributed by atoms with Crippen LogP contribution in [-0.2, 0) is 16.0 Å². The van der Waals surface area contributed by atoms with Crippen molar-refractivity contribution in [3.8, 4) is 11.8 Å². The number of nitriles is 1. The van der Waals surface area contributed by atoms with Gasteiger partial charge in [0.1, 0.15) is 17.5 Å². The Balaban J connectivity index is 2.85. The number of carbonyl (C=O) groups excluding carboxylic acids is 1. The molecule has 1 rings (SSSR count). The minimum Gasteiger partial charge on any atom is -0.506 e. The van der Waals surface area contributed by atoms with E-state index in [1.54, 1.807) is 6.92 Å². The van der Waals surface area contributed by atoms with Crippen molar-refractivity contribution in [2.75, 3.05) is 6.61 Å². The minimum absolute atomic E-state index is 0.109. The molecule has 0 fully saturated rings. The van der Waals surface area contributed by atoms with E-state index in [1.807, 2.05) is 6.07 Å². The van der Waals surface area contributed by atoms with Crippen LogP contribution in [-0.4, -0.2) is 22.7 Å². The molecule has 78 valence electrons. The molecule has 0 aliphatic heterocycles. The average molecular weight is 206 g/mol. The quantitative estimate of drug-likeness (QED) is 0.738. The van der Waals surface area contributed by atoms with Crippen molar-refractivity contribution >= 4 is 5.97 Å². The van der Waals surface area contributed by atoms with E-state index in [4.69, 9.17) is 10.00 Å². The Labute approximate surface area is 86.9 Å². The molecule has 0 aromatic carbocycles. The Hall–Kier alpha value is -2.09. The predicted octanol–water partition coefficient (Wildman–Crippen LogP) is 0.764. The van der Waals surface area contributed by atoms with Gasteiger partial charge in [0.05, 0.1) is 18.7 Å². The van der Waals surface area contributed by atoms with Gasteiger partial charge >= 0.3 is 5.97 Å². The summed E-state index contributed by atoms with van der Waals surface area (Å²) in [5, 5.41) is 17.9. The van der Waals surface area contributed by atoms with Crippen LogP contribution in [0, 0.1) is 11.3 Å². The number of aromatic nitrogens is 1. The van der Waals surface area contributed by atoms with Crippen LogP contribution in [0.1, 0.15) is 18.3 Å². The number of aromatic hydroxyl groups is 1. The fourth-order valence-electron chi connectivity index (χ4n) is 1.04. The number of pyridine rings is 1. The number of ether oxygens (including phenoxy) is 1. The molecule has 1 aromatic heterocycles. The number of carbonyl (C=O) groups is 1. The lowest BCUT2D eigenvalue weighted by Gasteiger charge is -2.03. The zero-order chi connectivity index (χ0) is 11.3. The van der Waals surface area contributed by atoms with Crippen molar-refractivity contribution in [1.82, 2.24) is 4.98 Å². The lowest BCUT2D eigenvalue weighted by molar-refractivity contribution is -0.142. The van der Waals surface area contributed by atoms with E-state index in [0.717, 1.165) is 0 Å². The van der Waals surface area contributed by atoms with Gasteiger partial charge < -0.3 is 9.84 Å². The number of hydrogen-bond donors (Lipinski definition) is 1. The SMILES string of the molecule is CCOC(=O)Cc1nc(C#N)ccc1O. The molecule has 0 saturated carbocycles. The van der Waals surface area contributed by atoms with Crippen LogP contribution in [0.25, 0.3) is 0 Å². The van der Waals surface area contributed by atoms with Crippen LogP contribution in [0.2, 0.25) is 0 Å². The summed E-state index contributed by atoms with van der Waals surface area (Å²) in [6.45, 7) is 1.97. The van der Waals surface area contributed by atoms with Gasteiger partial charge in [-0.3, -0.25) is 4.79 Å². The maximum absolute atomic E-state index is 11.1. The first kappa shape index (κ1) is 11.0. The van der Waals surface area contributed by atoms with E-state index in [1.165, 1.54) is 12.1 Å². The number of hydrogen-bond acceptors (Lipinski definition) is 5. The van der Waals surface area contributed by atoms with Crippen LogP contribution >= 0.6 is 0 Å². The van der Waals surface area contributed by atoms with Crippen molar-refractivity contribution < 1.29 is 14.6 Å². The van der Waals surface area contributed by atoms with Crippen LogP contribution in [0.15, 0.2) is 12.1 Å². The van der Waals surface area contributed by atoms with Gasteiger partial charge in [0.15, 0.2) is 0 Å².